The summed E-state index contributed by atoms with van der Waals surface area (Å²) in [5.41, 5.74) is 2.01. The first-order chi connectivity index (χ1) is 10.6. The monoisotopic (exact) mass is 327 g/mol. The van der Waals surface area contributed by atoms with Crippen molar-refractivity contribution >= 4 is 35.6 Å². The molecule has 0 aliphatic carbocycles. The van der Waals surface area contributed by atoms with E-state index in [9.17, 15) is 10.1 Å². The van der Waals surface area contributed by atoms with Gasteiger partial charge in [0.15, 0.2) is 0 Å². The lowest BCUT2D eigenvalue weighted by atomic mass is 10.1. The molecule has 0 spiro atoms. The summed E-state index contributed by atoms with van der Waals surface area (Å²) in [4.78, 5) is 15.0. The molecule has 1 aliphatic rings. The van der Waals surface area contributed by atoms with Crippen molar-refractivity contribution in [2.75, 3.05) is 4.90 Å². The molecule has 6 heteroatoms. The minimum absolute atomic E-state index is 0.0256. The molecule has 1 aliphatic heterocycles. The van der Waals surface area contributed by atoms with Crippen molar-refractivity contribution in [2.45, 2.75) is 13.1 Å². The first kappa shape index (κ1) is 14.7. The number of thiol groups is 1. The fraction of sp³-hybridized carbons (Fsp3) is 0.125. The van der Waals surface area contributed by atoms with Gasteiger partial charge in [0.25, 0.3) is 5.91 Å². The molecule has 0 radical (unpaired) electrons. The third kappa shape index (κ3) is 2.49. The summed E-state index contributed by atoms with van der Waals surface area (Å²) in [5.74, 6) is -0.394. The van der Waals surface area contributed by atoms with Crippen LogP contribution in [0, 0.1) is 18.3 Å². The van der Waals surface area contributed by atoms with E-state index in [-0.39, 0.29) is 11.7 Å². The SMILES string of the molecule is Cc1cccc(N2C(S)=C(C#N)C(=O)N[C@H]2c2cccs2)c1. The number of anilines is 1. The third-order valence-corrected chi connectivity index (χ3v) is 4.77. The van der Waals surface area contributed by atoms with E-state index in [1.165, 1.54) is 0 Å². The van der Waals surface area contributed by atoms with Crippen LogP contribution in [-0.2, 0) is 4.79 Å². The summed E-state index contributed by atoms with van der Waals surface area (Å²) in [7, 11) is 0. The fourth-order valence-electron chi connectivity index (χ4n) is 2.40. The normalized spacial score (nSPS) is 18.1. The van der Waals surface area contributed by atoms with Gasteiger partial charge in [0.05, 0.1) is 5.03 Å². The van der Waals surface area contributed by atoms with E-state index in [1.807, 2.05) is 59.7 Å². The summed E-state index contributed by atoms with van der Waals surface area (Å²) >= 11 is 6.00. The lowest BCUT2D eigenvalue weighted by Gasteiger charge is -2.37. The van der Waals surface area contributed by atoms with Gasteiger partial charge in [0.2, 0.25) is 0 Å². The lowest BCUT2D eigenvalue weighted by Crippen LogP contribution is -2.45. The minimum atomic E-state index is -0.394. The summed E-state index contributed by atoms with van der Waals surface area (Å²) in [5, 5.41) is 14.4. The van der Waals surface area contributed by atoms with Crippen LogP contribution in [0.2, 0.25) is 0 Å². The molecule has 22 heavy (non-hydrogen) atoms. The van der Waals surface area contributed by atoms with E-state index < -0.39 is 5.91 Å². The van der Waals surface area contributed by atoms with Crippen LogP contribution in [0.5, 0.6) is 0 Å². The van der Waals surface area contributed by atoms with Gasteiger partial charge in [-0.05, 0) is 36.1 Å². The smallest absolute Gasteiger partial charge is 0.266 e. The Hall–Kier alpha value is -2.23. The minimum Gasteiger partial charge on any atom is -0.326 e. The maximum absolute atomic E-state index is 12.1. The second-order valence-corrected chi connectivity index (χ2v) is 6.31. The van der Waals surface area contributed by atoms with Crippen molar-refractivity contribution in [3.8, 4) is 6.07 Å². The number of nitrogens with one attached hydrogen (secondary N) is 1. The van der Waals surface area contributed by atoms with Gasteiger partial charge < -0.3 is 10.2 Å². The molecule has 1 N–H and O–H groups in total. The zero-order valence-electron chi connectivity index (χ0n) is 11.8. The number of amides is 1. The highest BCUT2D eigenvalue weighted by Gasteiger charge is 2.34. The van der Waals surface area contributed by atoms with Crippen molar-refractivity contribution in [3.63, 3.8) is 0 Å². The van der Waals surface area contributed by atoms with Crippen molar-refractivity contribution in [1.82, 2.24) is 5.32 Å². The highest BCUT2D eigenvalue weighted by molar-refractivity contribution is 7.84. The Morgan fingerprint density at radius 1 is 1.36 bits per heavy atom. The predicted octanol–water partition coefficient (Wildman–Crippen LogP) is 3.36. The van der Waals surface area contributed by atoms with E-state index >= 15 is 0 Å². The van der Waals surface area contributed by atoms with Crippen LogP contribution in [0.15, 0.2) is 52.4 Å². The van der Waals surface area contributed by atoms with Gasteiger partial charge in [-0.25, -0.2) is 0 Å². The fourth-order valence-corrected chi connectivity index (χ4v) is 3.55. The van der Waals surface area contributed by atoms with Crippen molar-refractivity contribution in [2.24, 2.45) is 0 Å². The maximum Gasteiger partial charge on any atom is 0.266 e. The Labute approximate surface area is 138 Å². The average molecular weight is 327 g/mol. The number of rotatable bonds is 2. The summed E-state index contributed by atoms with van der Waals surface area (Å²) < 4.78 is 0. The maximum atomic E-state index is 12.1. The molecule has 0 bridgehead atoms. The van der Waals surface area contributed by atoms with Gasteiger partial charge in [-0.3, -0.25) is 4.79 Å². The van der Waals surface area contributed by atoms with E-state index in [0.29, 0.717) is 5.03 Å². The van der Waals surface area contributed by atoms with E-state index in [1.54, 1.807) is 11.3 Å². The van der Waals surface area contributed by atoms with Crippen LogP contribution in [0.4, 0.5) is 5.69 Å². The molecule has 0 saturated carbocycles. The number of nitriles is 1. The number of carbonyl (C=O) groups excluding carboxylic acids is 1. The van der Waals surface area contributed by atoms with Gasteiger partial charge >= 0.3 is 0 Å². The molecular weight excluding hydrogens is 314 g/mol. The van der Waals surface area contributed by atoms with Crippen molar-refractivity contribution in [3.05, 3.63) is 62.8 Å². The molecule has 2 aromatic rings. The number of hydrogen-bond acceptors (Lipinski definition) is 5. The standard InChI is InChI=1S/C16H13N3OS2/c1-10-4-2-5-11(8-10)19-14(13-6-3-7-22-13)18-15(20)12(9-17)16(19)21/h2-8,14,21H,1H3,(H,18,20)/t14-/m1/s1. The zero-order valence-corrected chi connectivity index (χ0v) is 13.5. The van der Waals surface area contributed by atoms with Crippen LogP contribution in [-0.4, -0.2) is 5.91 Å². The second kappa shape index (κ2) is 5.87. The number of thiophene rings is 1. The molecule has 1 atom stereocenters. The third-order valence-electron chi connectivity index (χ3n) is 3.41. The highest BCUT2D eigenvalue weighted by Crippen LogP contribution is 2.37. The number of benzene rings is 1. The van der Waals surface area contributed by atoms with Crippen molar-refractivity contribution in [1.29, 1.82) is 5.26 Å². The Bertz CT molecular complexity index is 790. The van der Waals surface area contributed by atoms with Gasteiger partial charge in [-0.15, -0.1) is 24.0 Å². The van der Waals surface area contributed by atoms with Crippen LogP contribution in [0.1, 0.15) is 16.6 Å². The molecule has 0 fully saturated rings. The molecule has 1 aromatic heterocycles. The summed E-state index contributed by atoms with van der Waals surface area (Å²) in [6.45, 7) is 2.00. The molecule has 110 valence electrons. The van der Waals surface area contributed by atoms with Crippen LogP contribution < -0.4 is 10.2 Å². The lowest BCUT2D eigenvalue weighted by molar-refractivity contribution is -0.118. The van der Waals surface area contributed by atoms with Crippen LogP contribution >= 0.6 is 24.0 Å². The summed E-state index contributed by atoms with van der Waals surface area (Å²) in [6.07, 6.45) is -0.362. The number of hydrogen-bond donors (Lipinski definition) is 2. The Morgan fingerprint density at radius 2 is 2.18 bits per heavy atom. The Morgan fingerprint density at radius 3 is 2.82 bits per heavy atom. The van der Waals surface area contributed by atoms with E-state index in [4.69, 9.17) is 0 Å². The molecule has 3 rings (SSSR count). The van der Waals surface area contributed by atoms with Crippen LogP contribution in [0.25, 0.3) is 0 Å². The van der Waals surface area contributed by atoms with Gasteiger partial charge in [-0.1, -0.05) is 18.2 Å². The highest BCUT2D eigenvalue weighted by atomic mass is 32.1. The van der Waals surface area contributed by atoms with Gasteiger partial charge in [0.1, 0.15) is 17.8 Å². The first-order valence-corrected chi connectivity index (χ1v) is 7.98. The second-order valence-electron chi connectivity index (χ2n) is 4.91. The van der Waals surface area contributed by atoms with E-state index in [0.717, 1.165) is 16.1 Å². The van der Waals surface area contributed by atoms with E-state index in [2.05, 4.69) is 17.9 Å². The number of carbonyl (C=O) groups is 1. The average Bonchev–Trinajstić information content (AvgIpc) is 3.01. The number of aryl methyl sites for hydroxylation is 1. The van der Waals surface area contributed by atoms with Gasteiger partial charge in [-0.2, -0.15) is 5.26 Å². The predicted molar refractivity (Wildman–Crippen MR) is 90.5 cm³/mol. The number of nitrogens with zero attached hydrogens (tertiary/aromatic N) is 2. The molecular formula is C16H13N3OS2. The van der Waals surface area contributed by atoms with Crippen molar-refractivity contribution < 1.29 is 4.79 Å². The molecule has 0 unspecified atom stereocenters. The molecule has 1 amide bonds. The zero-order chi connectivity index (χ0) is 15.7. The Balaban J connectivity index is 2.17. The first-order valence-electron chi connectivity index (χ1n) is 6.65. The molecule has 0 saturated heterocycles. The van der Waals surface area contributed by atoms with Gasteiger partial charge in [0, 0.05) is 10.6 Å². The molecule has 1 aromatic carbocycles. The topological polar surface area (TPSA) is 56.1 Å². The summed E-state index contributed by atoms with van der Waals surface area (Å²) in [6, 6.07) is 13.7. The quantitative estimate of drug-likeness (QED) is 0.832. The largest absolute Gasteiger partial charge is 0.326 e. The van der Waals surface area contributed by atoms with Crippen LogP contribution in [0.3, 0.4) is 0 Å². The Kier molecular flexibility index (Phi) is 3.92. The molecule has 4 nitrogen and oxygen atoms in total. The molecule has 2 heterocycles.